The first kappa shape index (κ1) is 22.6. The van der Waals surface area contributed by atoms with Crippen LogP contribution in [0.5, 0.6) is 0 Å². The molecule has 0 saturated carbocycles. The van der Waals surface area contributed by atoms with Crippen LogP contribution in [0.4, 0.5) is 4.79 Å². The Morgan fingerprint density at radius 2 is 1.61 bits per heavy atom. The molecule has 0 unspecified atom stereocenters. The van der Waals surface area contributed by atoms with E-state index in [1.165, 1.54) is 16.7 Å². The second-order valence-corrected chi connectivity index (χ2v) is 8.68. The summed E-state index contributed by atoms with van der Waals surface area (Å²) in [5.74, 6) is -1.11. The number of benzene rings is 3. The number of hydrogen-bond acceptors (Lipinski definition) is 3. The number of rotatable bonds is 8. The van der Waals surface area contributed by atoms with Crippen LogP contribution in [0, 0.1) is 13.8 Å². The zero-order valence-electron chi connectivity index (χ0n) is 19.0. The minimum absolute atomic E-state index is 0.0595. The quantitative estimate of drug-likeness (QED) is 0.474. The maximum Gasteiger partial charge on any atom is 0.407 e. The largest absolute Gasteiger partial charge is 0.480 e. The van der Waals surface area contributed by atoms with Crippen LogP contribution >= 0.6 is 0 Å². The first-order valence-corrected chi connectivity index (χ1v) is 11.3. The SMILES string of the molecule is Cc1ccc(C)c(CCC[C@H](NC(=O)OCC2c3ccccc3-c3ccccc32)C(=O)O)c1. The third-order valence-electron chi connectivity index (χ3n) is 6.38. The third kappa shape index (κ3) is 5.08. The van der Waals surface area contributed by atoms with Crippen LogP contribution in [0.15, 0.2) is 66.7 Å². The van der Waals surface area contributed by atoms with Crippen molar-refractivity contribution in [1.29, 1.82) is 0 Å². The number of aliphatic carboxylic acids is 1. The third-order valence-corrected chi connectivity index (χ3v) is 6.38. The molecule has 170 valence electrons. The minimum atomic E-state index is -1.05. The van der Waals surface area contributed by atoms with Gasteiger partial charge < -0.3 is 15.2 Å². The Hall–Kier alpha value is -3.60. The molecule has 3 aromatic rings. The zero-order chi connectivity index (χ0) is 23.4. The Labute approximate surface area is 194 Å². The summed E-state index contributed by atoms with van der Waals surface area (Å²) in [6.45, 7) is 4.26. The maximum absolute atomic E-state index is 12.5. The highest BCUT2D eigenvalue weighted by Crippen LogP contribution is 2.44. The molecule has 4 rings (SSSR count). The molecule has 5 heteroatoms. The van der Waals surface area contributed by atoms with Gasteiger partial charge in [-0.15, -0.1) is 0 Å². The summed E-state index contributed by atoms with van der Waals surface area (Å²) in [6, 6.07) is 21.5. The standard InChI is InChI=1S/C28H29NO4/c1-18-14-15-19(2)20(16-18)8-7-13-26(27(30)31)29-28(32)33-17-25-23-11-5-3-9-21(23)22-10-4-6-12-24(22)25/h3-6,9-12,14-16,25-26H,7-8,13,17H2,1-2H3,(H,29,32)(H,30,31)/t26-/m0/s1. The summed E-state index contributed by atoms with van der Waals surface area (Å²) >= 11 is 0. The molecule has 0 radical (unpaired) electrons. The summed E-state index contributed by atoms with van der Waals surface area (Å²) in [5.41, 5.74) is 8.12. The average Bonchev–Trinajstić information content (AvgIpc) is 3.13. The lowest BCUT2D eigenvalue weighted by atomic mass is 9.98. The number of carboxylic acid groups (broad SMARTS) is 1. The number of amides is 1. The lowest BCUT2D eigenvalue weighted by Gasteiger charge is -2.17. The molecule has 0 spiro atoms. The Morgan fingerprint density at radius 1 is 0.970 bits per heavy atom. The van der Waals surface area contributed by atoms with Gasteiger partial charge in [0.05, 0.1) is 0 Å². The Bertz CT molecular complexity index is 1120. The van der Waals surface area contributed by atoms with E-state index in [9.17, 15) is 14.7 Å². The van der Waals surface area contributed by atoms with Gasteiger partial charge in [-0.25, -0.2) is 9.59 Å². The first-order valence-electron chi connectivity index (χ1n) is 11.3. The van der Waals surface area contributed by atoms with Crippen LogP contribution in [0.1, 0.15) is 46.6 Å². The summed E-state index contributed by atoms with van der Waals surface area (Å²) in [4.78, 5) is 24.2. The molecule has 0 saturated heterocycles. The fourth-order valence-electron chi connectivity index (χ4n) is 4.61. The molecule has 1 aliphatic rings. The van der Waals surface area contributed by atoms with E-state index in [-0.39, 0.29) is 12.5 Å². The van der Waals surface area contributed by atoms with Crippen LogP contribution in [-0.2, 0) is 16.0 Å². The van der Waals surface area contributed by atoms with Crippen molar-refractivity contribution in [3.63, 3.8) is 0 Å². The second-order valence-electron chi connectivity index (χ2n) is 8.68. The number of carbonyl (C=O) groups is 2. The van der Waals surface area contributed by atoms with Gasteiger partial charge in [-0.3, -0.25) is 0 Å². The Kier molecular flexibility index (Phi) is 6.78. The minimum Gasteiger partial charge on any atom is -0.480 e. The topological polar surface area (TPSA) is 75.6 Å². The maximum atomic E-state index is 12.5. The molecule has 3 aromatic carbocycles. The predicted molar refractivity (Wildman–Crippen MR) is 128 cm³/mol. The van der Waals surface area contributed by atoms with E-state index in [1.807, 2.05) is 31.2 Å². The Morgan fingerprint density at radius 3 is 2.24 bits per heavy atom. The number of carbonyl (C=O) groups excluding carboxylic acids is 1. The van der Waals surface area contributed by atoms with Crippen molar-refractivity contribution in [3.8, 4) is 11.1 Å². The number of carboxylic acids is 1. The summed E-state index contributed by atoms with van der Waals surface area (Å²) in [6.07, 6.45) is 1.07. The Balaban J connectivity index is 1.34. The van der Waals surface area contributed by atoms with Gasteiger partial charge in [-0.2, -0.15) is 0 Å². The number of ether oxygens (including phenoxy) is 1. The zero-order valence-corrected chi connectivity index (χ0v) is 19.0. The van der Waals surface area contributed by atoms with Gasteiger partial charge in [0.1, 0.15) is 12.6 Å². The molecule has 5 nitrogen and oxygen atoms in total. The van der Waals surface area contributed by atoms with Crippen molar-refractivity contribution in [2.75, 3.05) is 6.61 Å². The summed E-state index contributed by atoms with van der Waals surface area (Å²) in [5, 5.41) is 12.1. The van der Waals surface area contributed by atoms with Crippen LogP contribution in [0.2, 0.25) is 0 Å². The van der Waals surface area contributed by atoms with Gasteiger partial charge in [-0.05, 0) is 66.5 Å². The lowest BCUT2D eigenvalue weighted by molar-refractivity contribution is -0.139. The average molecular weight is 444 g/mol. The van der Waals surface area contributed by atoms with Crippen LogP contribution in [0.25, 0.3) is 11.1 Å². The van der Waals surface area contributed by atoms with Crippen molar-refractivity contribution in [1.82, 2.24) is 5.32 Å². The number of hydrogen-bond donors (Lipinski definition) is 2. The smallest absolute Gasteiger partial charge is 0.407 e. The van der Waals surface area contributed by atoms with E-state index < -0.39 is 18.1 Å². The van der Waals surface area contributed by atoms with E-state index in [4.69, 9.17) is 4.74 Å². The number of fused-ring (bicyclic) bond motifs is 3. The summed E-state index contributed by atoms with van der Waals surface area (Å²) < 4.78 is 5.51. The van der Waals surface area contributed by atoms with E-state index in [1.54, 1.807) is 0 Å². The molecule has 0 heterocycles. The van der Waals surface area contributed by atoms with Crippen molar-refractivity contribution < 1.29 is 19.4 Å². The molecule has 0 fully saturated rings. The monoisotopic (exact) mass is 443 g/mol. The van der Waals surface area contributed by atoms with Gasteiger partial charge in [0, 0.05) is 5.92 Å². The molecule has 1 amide bonds. The van der Waals surface area contributed by atoms with E-state index in [0.29, 0.717) is 12.8 Å². The van der Waals surface area contributed by atoms with Gasteiger partial charge >= 0.3 is 12.1 Å². The molecule has 1 aliphatic carbocycles. The van der Waals surface area contributed by atoms with Crippen LogP contribution in [0.3, 0.4) is 0 Å². The van der Waals surface area contributed by atoms with Crippen molar-refractivity contribution >= 4 is 12.1 Å². The first-order chi connectivity index (χ1) is 15.9. The van der Waals surface area contributed by atoms with Crippen molar-refractivity contribution in [2.45, 2.75) is 45.1 Å². The van der Waals surface area contributed by atoms with Gasteiger partial charge in [0.25, 0.3) is 0 Å². The van der Waals surface area contributed by atoms with E-state index in [0.717, 1.165) is 28.7 Å². The second kappa shape index (κ2) is 9.90. The number of aryl methyl sites for hydroxylation is 3. The van der Waals surface area contributed by atoms with Gasteiger partial charge in [0.15, 0.2) is 0 Å². The fraction of sp³-hybridized carbons (Fsp3) is 0.286. The molecule has 0 aromatic heterocycles. The predicted octanol–water partition coefficient (Wildman–Crippen LogP) is 5.62. The summed E-state index contributed by atoms with van der Waals surface area (Å²) in [7, 11) is 0. The van der Waals surface area contributed by atoms with Gasteiger partial charge in [-0.1, -0.05) is 72.3 Å². The normalized spacial score (nSPS) is 13.2. The number of alkyl carbamates (subject to hydrolysis) is 1. The van der Waals surface area contributed by atoms with E-state index in [2.05, 4.69) is 54.7 Å². The molecule has 2 N–H and O–H groups in total. The van der Waals surface area contributed by atoms with E-state index >= 15 is 0 Å². The number of nitrogens with one attached hydrogen (secondary N) is 1. The van der Waals surface area contributed by atoms with Crippen LogP contribution in [-0.4, -0.2) is 29.8 Å². The molecule has 33 heavy (non-hydrogen) atoms. The highest BCUT2D eigenvalue weighted by Gasteiger charge is 2.29. The molecular weight excluding hydrogens is 414 g/mol. The molecular formula is C28H29NO4. The lowest BCUT2D eigenvalue weighted by Crippen LogP contribution is -2.41. The van der Waals surface area contributed by atoms with Crippen molar-refractivity contribution in [2.24, 2.45) is 0 Å². The molecule has 0 aliphatic heterocycles. The van der Waals surface area contributed by atoms with Crippen molar-refractivity contribution in [3.05, 3.63) is 94.5 Å². The highest BCUT2D eigenvalue weighted by atomic mass is 16.5. The van der Waals surface area contributed by atoms with Gasteiger partial charge in [0.2, 0.25) is 0 Å². The van der Waals surface area contributed by atoms with Crippen LogP contribution < -0.4 is 5.32 Å². The molecule has 0 bridgehead atoms. The fourth-order valence-corrected chi connectivity index (χ4v) is 4.61. The molecule has 1 atom stereocenters. The highest BCUT2D eigenvalue weighted by molar-refractivity contribution is 5.81.